The molecule has 0 aliphatic carbocycles. The lowest BCUT2D eigenvalue weighted by molar-refractivity contribution is 0.102. The molecule has 4 heteroatoms. The van der Waals surface area contributed by atoms with Crippen molar-refractivity contribution in [1.29, 1.82) is 0 Å². The first-order valence-electron chi connectivity index (χ1n) is 10.3. The van der Waals surface area contributed by atoms with Crippen LogP contribution in [0.15, 0.2) is 102 Å². The Balaban J connectivity index is 1.83. The van der Waals surface area contributed by atoms with Crippen molar-refractivity contribution < 1.29 is 4.79 Å². The molecule has 1 aromatic heterocycles. The number of rotatable bonds is 6. The van der Waals surface area contributed by atoms with E-state index in [0.717, 1.165) is 16.8 Å². The number of hydrogen-bond acceptors (Lipinski definition) is 2. The summed E-state index contributed by atoms with van der Waals surface area (Å²) in [6, 6.07) is 30.7. The zero-order chi connectivity index (χ0) is 21.6. The molecule has 1 N–H and O–H groups in total. The first kappa shape index (κ1) is 20.4. The minimum absolute atomic E-state index is 0.189. The van der Waals surface area contributed by atoms with Gasteiger partial charge in [0.15, 0.2) is 5.43 Å². The van der Waals surface area contributed by atoms with Crippen LogP contribution < -0.4 is 10.7 Å². The summed E-state index contributed by atoms with van der Waals surface area (Å²) >= 11 is 0. The molecule has 0 aliphatic rings. The van der Waals surface area contributed by atoms with Gasteiger partial charge in [-0.15, -0.1) is 0 Å². The van der Waals surface area contributed by atoms with Crippen molar-refractivity contribution in [3.8, 4) is 0 Å². The Bertz CT molecular complexity index is 1230. The van der Waals surface area contributed by atoms with Crippen LogP contribution in [0.1, 0.15) is 32.9 Å². The fraction of sp³-hybridized carbons (Fsp3) is 0.111. The van der Waals surface area contributed by atoms with Crippen LogP contribution in [-0.4, -0.2) is 10.5 Å². The summed E-state index contributed by atoms with van der Waals surface area (Å²) in [6.07, 6.45) is 0.488. The van der Waals surface area contributed by atoms with Gasteiger partial charge >= 0.3 is 0 Å². The number of carbonyl (C=O) groups is 1. The Kier molecular flexibility index (Phi) is 6.08. The van der Waals surface area contributed by atoms with Gasteiger partial charge in [-0.3, -0.25) is 9.59 Å². The Hall–Kier alpha value is -3.92. The summed E-state index contributed by atoms with van der Waals surface area (Å²) in [4.78, 5) is 26.3. The molecule has 1 heterocycles. The number of anilines is 1. The lowest BCUT2D eigenvalue weighted by atomic mass is 10.0. The summed E-state index contributed by atoms with van der Waals surface area (Å²) in [5.41, 5.74) is 4.29. The van der Waals surface area contributed by atoms with Gasteiger partial charge in [0.1, 0.15) is 5.56 Å². The maximum atomic E-state index is 13.2. The Labute approximate surface area is 181 Å². The molecule has 0 fully saturated rings. The molecule has 0 unspecified atom stereocenters. The van der Waals surface area contributed by atoms with Gasteiger partial charge in [0.05, 0.1) is 0 Å². The monoisotopic (exact) mass is 408 g/mol. The lowest BCUT2D eigenvalue weighted by Crippen LogP contribution is -2.28. The van der Waals surface area contributed by atoms with E-state index in [1.165, 1.54) is 0 Å². The number of para-hydroxylation sites is 1. The topological polar surface area (TPSA) is 51.1 Å². The summed E-state index contributed by atoms with van der Waals surface area (Å²) in [7, 11) is 0. The third-order valence-corrected chi connectivity index (χ3v) is 5.28. The van der Waals surface area contributed by atoms with E-state index in [1.54, 1.807) is 6.07 Å². The van der Waals surface area contributed by atoms with Crippen molar-refractivity contribution in [2.75, 3.05) is 5.32 Å². The first-order chi connectivity index (χ1) is 15.1. The smallest absolute Gasteiger partial charge is 0.261 e. The minimum atomic E-state index is -0.385. The van der Waals surface area contributed by atoms with Crippen LogP contribution in [0.3, 0.4) is 0 Å². The molecule has 0 aliphatic heterocycles. The van der Waals surface area contributed by atoms with E-state index in [9.17, 15) is 9.59 Å². The molecule has 0 saturated carbocycles. The molecule has 4 rings (SSSR count). The Morgan fingerprint density at radius 2 is 1.35 bits per heavy atom. The summed E-state index contributed by atoms with van der Waals surface area (Å²) < 4.78 is 2.07. The number of hydrogen-bond donors (Lipinski definition) is 1. The highest BCUT2D eigenvalue weighted by atomic mass is 16.2. The second-order valence-electron chi connectivity index (χ2n) is 7.53. The predicted molar refractivity (Wildman–Crippen MR) is 125 cm³/mol. The molecule has 0 atom stereocenters. The number of benzene rings is 3. The van der Waals surface area contributed by atoms with Gasteiger partial charge in [0.2, 0.25) is 0 Å². The maximum absolute atomic E-state index is 13.2. The van der Waals surface area contributed by atoms with E-state index in [2.05, 4.69) is 9.88 Å². The molecule has 3 aromatic carbocycles. The standard InChI is InChI=1S/C27H24N2O2/c1-20-17-25(30)26(27(31)28-23-15-9-4-10-16-23)24(18-21-11-5-2-6-12-21)29(20)19-22-13-7-3-8-14-22/h2-17H,18-19H2,1H3,(H,28,31). The highest BCUT2D eigenvalue weighted by Gasteiger charge is 2.21. The van der Waals surface area contributed by atoms with E-state index in [1.807, 2.05) is 97.9 Å². The van der Waals surface area contributed by atoms with Crippen LogP contribution in [0.25, 0.3) is 0 Å². The SMILES string of the molecule is Cc1cc(=O)c(C(=O)Nc2ccccc2)c(Cc2ccccc2)n1Cc1ccccc1. The fourth-order valence-electron chi connectivity index (χ4n) is 3.75. The van der Waals surface area contributed by atoms with E-state index in [0.29, 0.717) is 24.3 Å². The molecule has 4 aromatic rings. The quantitative estimate of drug-likeness (QED) is 0.485. The molecular weight excluding hydrogens is 384 g/mol. The average molecular weight is 409 g/mol. The van der Waals surface area contributed by atoms with Crippen molar-refractivity contribution in [2.24, 2.45) is 0 Å². The number of pyridine rings is 1. The maximum Gasteiger partial charge on any atom is 0.261 e. The summed E-state index contributed by atoms with van der Waals surface area (Å²) in [5.74, 6) is -0.385. The largest absolute Gasteiger partial charge is 0.343 e. The highest BCUT2D eigenvalue weighted by molar-refractivity contribution is 6.05. The van der Waals surface area contributed by atoms with Crippen LogP contribution >= 0.6 is 0 Å². The van der Waals surface area contributed by atoms with E-state index < -0.39 is 0 Å². The van der Waals surface area contributed by atoms with Gasteiger partial charge in [-0.1, -0.05) is 78.9 Å². The van der Waals surface area contributed by atoms with Crippen molar-refractivity contribution in [1.82, 2.24) is 4.57 Å². The molecule has 0 spiro atoms. The average Bonchev–Trinajstić information content (AvgIpc) is 2.78. The van der Waals surface area contributed by atoms with Crippen LogP contribution in [0.2, 0.25) is 0 Å². The van der Waals surface area contributed by atoms with Gasteiger partial charge < -0.3 is 9.88 Å². The summed E-state index contributed by atoms with van der Waals surface area (Å²) in [5, 5.41) is 2.88. The van der Waals surface area contributed by atoms with Gasteiger partial charge in [-0.25, -0.2) is 0 Å². The molecule has 31 heavy (non-hydrogen) atoms. The molecular formula is C27H24N2O2. The predicted octanol–water partition coefficient (Wildman–Crippen LogP) is 5.05. The number of amides is 1. The second kappa shape index (κ2) is 9.26. The molecule has 0 bridgehead atoms. The van der Waals surface area contributed by atoms with Crippen molar-refractivity contribution in [2.45, 2.75) is 19.9 Å². The molecule has 0 radical (unpaired) electrons. The van der Waals surface area contributed by atoms with Crippen molar-refractivity contribution in [3.63, 3.8) is 0 Å². The molecule has 0 saturated heterocycles. The van der Waals surface area contributed by atoms with Crippen LogP contribution in [0, 0.1) is 6.92 Å². The summed E-state index contributed by atoms with van der Waals surface area (Å²) in [6.45, 7) is 2.50. The van der Waals surface area contributed by atoms with Crippen LogP contribution in [0.4, 0.5) is 5.69 Å². The van der Waals surface area contributed by atoms with Gasteiger partial charge in [0, 0.05) is 36.1 Å². The van der Waals surface area contributed by atoms with Gasteiger partial charge in [0.25, 0.3) is 5.91 Å². The van der Waals surface area contributed by atoms with Gasteiger partial charge in [-0.05, 0) is 30.2 Å². The van der Waals surface area contributed by atoms with Crippen LogP contribution in [0.5, 0.6) is 0 Å². The Morgan fingerprint density at radius 3 is 1.97 bits per heavy atom. The van der Waals surface area contributed by atoms with Gasteiger partial charge in [-0.2, -0.15) is 0 Å². The highest BCUT2D eigenvalue weighted by Crippen LogP contribution is 2.18. The molecule has 1 amide bonds. The van der Waals surface area contributed by atoms with E-state index >= 15 is 0 Å². The zero-order valence-corrected chi connectivity index (χ0v) is 17.4. The van der Waals surface area contributed by atoms with E-state index in [4.69, 9.17) is 0 Å². The van der Waals surface area contributed by atoms with Crippen molar-refractivity contribution >= 4 is 11.6 Å². The Morgan fingerprint density at radius 1 is 0.806 bits per heavy atom. The van der Waals surface area contributed by atoms with Crippen molar-refractivity contribution in [3.05, 3.63) is 135 Å². The zero-order valence-electron chi connectivity index (χ0n) is 17.4. The number of aromatic nitrogens is 1. The second-order valence-corrected chi connectivity index (χ2v) is 7.53. The normalized spacial score (nSPS) is 10.6. The fourth-order valence-corrected chi connectivity index (χ4v) is 3.75. The number of aryl methyl sites for hydroxylation is 1. The molecule has 154 valence electrons. The third kappa shape index (κ3) is 4.81. The van der Waals surface area contributed by atoms with Crippen LogP contribution in [-0.2, 0) is 13.0 Å². The molecule has 4 nitrogen and oxygen atoms in total. The first-order valence-corrected chi connectivity index (χ1v) is 10.3. The third-order valence-electron chi connectivity index (χ3n) is 5.28. The number of nitrogens with one attached hydrogen (secondary N) is 1. The lowest BCUT2D eigenvalue weighted by Gasteiger charge is -2.20. The van der Waals surface area contributed by atoms with E-state index in [-0.39, 0.29) is 16.9 Å². The number of carbonyl (C=O) groups excluding carboxylic acids is 1. The number of nitrogens with zero attached hydrogens (tertiary/aromatic N) is 1. The minimum Gasteiger partial charge on any atom is -0.343 e.